The summed E-state index contributed by atoms with van der Waals surface area (Å²) in [6.07, 6.45) is 1.17. The molecule has 0 aliphatic heterocycles. The standard InChI is InChI=1S/C17H14FNO/c18-15-7-3-1-5-12(15)11-17(20)14-9-10-19-16-8-4-2-6-13(14)16/h1-10,17,20H,11H2. The minimum absolute atomic E-state index is 0.251. The summed E-state index contributed by atoms with van der Waals surface area (Å²) in [5, 5.41) is 11.3. The summed E-state index contributed by atoms with van der Waals surface area (Å²) >= 11 is 0. The second kappa shape index (κ2) is 5.39. The van der Waals surface area contributed by atoms with E-state index in [-0.39, 0.29) is 12.2 Å². The van der Waals surface area contributed by atoms with Crippen LogP contribution in [0.1, 0.15) is 17.2 Å². The zero-order valence-electron chi connectivity index (χ0n) is 10.8. The van der Waals surface area contributed by atoms with Crippen LogP contribution in [-0.2, 0) is 6.42 Å². The smallest absolute Gasteiger partial charge is 0.126 e. The van der Waals surface area contributed by atoms with Crippen molar-refractivity contribution < 1.29 is 9.50 Å². The van der Waals surface area contributed by atoms with Crippen LogP contribution in [0.2, 0.25) is 0 Å². The van der Waals surface area contributed by atoms with Crippen LogP contribution in [0.15, 0.2) is 60.8 Å². The summed E-state index contributed by atoms with van der Waals surface area (Å²) in [4.78, 5) is 4.26. The first kappa shape index (κ1) is 12.8. The molecule has 0 aliphatic carbocycles. The van der Waals surface area contributed by atoms with E-state index in [1.165, 1.54) is 6.07 Å². The molecule has 20 heavy (non-hydrogen) atoms. The molecule has 1 aromatic heterocycles. The minimum atomic E-state index is -0.750. The van der Waals surface area contributed by atoms with E-state index < -0.39 is 6.10 Å². The SMILES string of the molecule is OC(Cc1ccccc1F)c1ccnc2ccccc12. The van der Waals surface area contributed by atoms with Crippen molar-refractivity contribution in [2.24, 2.45) is 0 Å². The molecule has 0 radical (unpaired) electrons. The fourth-order valence-electron chi connectivity index (χ4n) is 2.39. The quantitative estimate of drug-likeness (QED) is 0.785. The van der Waals surface area contributed by atoms with Gasteiger partial charge in [0.25, 0.3) is 0 Å². The van der Waals surface area contributed by atoms with Gasteiger partial charge in [-0.15, -0.1) is 0 Å². The predicted octanol–water partition coefficient (Wildman–Crippen LogP) is 3.65. The van der Waals surface area contributed by atoms with Crippen LogP contribution in [0, 0.1) is 5.82 Å². The second-order valence-electron chi connectivity index (χ2n) is 4.73. The van der Waals surface area contributed by atoms with E-state index in [1.54, 1.807) is 30.5 Å². The third-order valence-corrected chi connectivity index (χ3v) is 3.41. The Balaban J connectivity index is 1.97. The molecule has 2 aromatic carbocycles. The summed E-state index contributed by atoms with van der Waals surface area (Å²) < 4.78 is 13.7. The summed E-state index contributed by atoms with van der Waals surface area (Å²) in [5.74, 6) is -0.287. The number of pyridine rings is 1. The molecule has 2 nitrogen and oxygen atoms in total. The molecule has 3 aromatic rings. The monoisotopic (exact) mass is 267 g/mol. The summed E-state index contributed by atoms with van der Waals surface area (Å²) in [7, 11) is 0. The normalized spacial score (nSPS) is 12.5. The van der Waals surface area contributed by atoms with Crippen molar-refractivity contribution in [1.82, 2.24) is 4.98 Å². The molecule has 1 unspecified atom stereocenters. The van der Waals surface area contributed by atoms with Crippen molar-refractivity contribution >= 4 is 10.9 Å². The molecule has 3 rings (SSSR count). The molecule has 1 atom stereocenters. The van der Waals surface area contributed by atoms with Crippen LogP contribution in [-0.4, -0.2) is 10.1 Å². The van der Waals surface area contributed by atoms with E-state index in [0.29, 0.717) is 5.56 Å². The van der Waals surface area contributed by atoms with Gasteiger partial charge in [-0.3, -0.25) is 4.98 Å². The van der Waals surface area contributed by atoms with Crippen molar-refractivity contribution in [3.63, 3.8) is 0 Å². The molecule has 100 valence electrons. The van der Waals surface area contributed by atoms with Gasteiger partial charge >= 0.3 is 0 Å². The zero-order valence-corrected chi connectivity index (χ0v) is 10.8. The molecule has 0 aliphatic rings. The lowest BCUT2D eigenvalue weighted by molar-refractivity contribution is 0.178. The van der Waals surface area contributed by atoms with Crippen LogP contribution in [0.4, 0.5) is 4.39 Å². The highest BCUT2D eigenvalue weighted by molar-refractivity contribution is 5.82. The largest absolute Gasteiger partial charge is 0.388 e. The lowest BCUT2D eigenvalue weighted by Crippen LogP contribution is -2.04. The Labute approximate surface area is 116 Å². The number of nitrogens with zero attached hydrogens (tertiary/aromatic N) is 1. The van der Waals surface area contributed by atoms with Gasteiger partial charge in [-0.1, -0.05) is 36.4 Å². The maximum Gasteiger partial charge on any atom is 0.126 e. The molecule has 0 spiro atoms. The van der Waals surface area contributed by atoms with E-state index in [4.69, 9.17) is 0 Å². The second-order valence-corrected chi connectivity index (χ2v) is 4.73. The molecule has 0 saturated heterocycles. The Morgan fingerprint density at radius 2 is 1.75 bits per heavy atom. The van der Waals surface area contributed by atoms with Gasteiger partial charge in [0, 0.05) is 18.0 Å². The van der Waals surface area contributed by atoms with Crippen LogP contribution in [0.25, 0.3) is 10.9 Å². The fraction of sp³-hybridized carbons (Fsp3) is 0.118. The zero-order chi connectivity index (χ0) is 13.9. The van der Waals surface area contributed by atoms with Gasteiger partial charge in [0.05, 0.1) is 11.6 Å². The van der Waals surface area contributed by atoms with Gasteiger partial charge in [-0.25, -0.2) is 4.39 Å². The molecular weight excluding hydrogens is 253 g/mol. The number of halogens is 1. The summed E-state index contributed by atoms with van der Waals surface area (Å²) in [6.45, 7) is 0. The number of aliphatic hydroxyl groups is 1. The maximum absolute atomic E-state index is 13.7. The first-order valence-electron chi connectivity index (χ1n) is 6.51. The fourth-order valence-corrected chi connectivity index (χ4v) is 2.39. The van der Waals surface area contributed by atoms with Crippen LogP contribution < -0.4 is 0 Å². The molecule has 0 saturated carbocycles. The Bertz CT molecular complexity index is 736. The highest BCUT2D eigenvalue weighted by Crippen LogP contribution is 2.26. The van der Waals surface area contributed by atoms with Gasteiger partial charge in [-0.2, -0.15) is 0 Å². The van der Waals surface area contributed by atoms with Gasteiger partial charge in [0.2, 0.25) is 0 Å². The van der Waals surface area contributed by atoms with E-state index in [2.05, 4.69) is 4.98 Å². The third-order valence-electron chi connectivity index (χ3n) is 3.41. The van der Waals surface area contributed by atoms with E-state index in [9.17, 15) is 9.50 Å². The van der Waals surface area contributed by atoms with Gasteiger partial charge in [-0.05, 0) is 29.3 Å². The van der Waals surface area contributed by atoms with Crippen molar-refractivity contribution in [2.45, 2.75) is 12.5 Å². The predicted molar refractivity (Wildman–Crippen MR) is 76.8 cm³/mol. The Hall–Kier alpha value is -2.26. The number of rotatable bonds is 3. The van der Waals surface area contributed by atoms with E-state index in [0.717, 1.165) is 16.5 Å². The summed E-state index contributed by atoms with van der Waals surface area (Å²) in [5.41, 5.74) is 2.12. The molecule has 0 bridgehead atoms. The van der Waals surface area contributed by atoms with Crippen molar-refractivity contribution in [1.29, 1.82) is 0 Å². The molecular formula is C17H14FNO. The number of aromatic nitrogens is 1. The van der Waals surface area contributed by atoms with E-state index in [1.807, 2.05) is 24.3 Å². The number of fused-ring (bicyclic) bond motifs is 1. The number of para-hydroxylation sites is 1. The lowest BCUT2D eigenvalue weighted by Gasteiger charge is -2.14. The topological polar surface area (TPSA) is 33.1 Å². The molecule has 3 heteroatoms. The number of hydrogen-bond donors (Lipinski definition) is 1. The van der Waals surface area contributed by atoms with Crippen LogP contribution >= 0.6 is 0 Å². The van der Waals surface area contributed by atoms with E-state index >= 15 is 0 Å². The Kier molecular flexibility index (Phi) is 3.44. The lowest BCUT2D eigenvalue weighted by atomic mass is 9.98. The Morgan fingerprint density at radius 3 is 2.60 bits per heavy atom. The third kappa shape index (κ3) is 2.40. The van der Waals surface area contributed by atoms with Crippen molar-refractivity contribution in [3.05, 3.63) is 77.7 Å². The number of benzene rings is 2. The van der Waals surface area contributed by atoms with Crippen molar-refractivity contribution in [2.75, 3.05) is 0 Å². The molecule has 1 N–H and O–H groups in total. The van der Waals surface area contributed by atoms with Crippen LogP contribution in [0.5, 0.6) is 0 Å². The van der Waals surface area contributed by atoms with Gasteiger partial charge in [0.15, 0.2) is 0 Å². The average molecular weight is 267 g/mol. The van der Waals surface area contributed by atoms with Crippen LogP contribution in [0.3, 0.4) is 0 Å². The first-order valence-corrected chi connectivity index (χ1v) is 6.51. The summed E-state index contributed by atoms with van der Waals surface area (Å²) in [6, 6.07) is 15.9. The molecule has 1 heterocycles. The highest BCUT2D eigenvalue weighted by atomic mass is 19.1. The maximum atomic E-state index is 13.7. The first-order chi connectivity index (χ1) is 9.75. The average Bonchev–Trinajstić information content (AvgIpc) is 2.49. The number of aliphatic hydroxyl groups excluding tert-OH is 1. The van der Waals surface area contributed by atoms with Crippen molar-refractivity contribution in [3.8, 4) is 0 Å². The molecule has 0 amide bonds. The highest BCUT2D eigenvalue weighted by Gasteiger charge is 2.14. The molecule has 0 fully saturated rings. The Morgan fingerprint density at radius 1 is 1.00 bits per heavy atom. The minimum Gasteiger partial charge on any atom is -0.388 e. The van der Waals surface area contributed by atoms with Gasteiger partial charge < -0.3 is 5.11 Å². The van der Waals surface area contributed by atoms with Gasteiger partial charge in [0.1, 0.15) is 5.82 Å². The number of hydrogen-bond acceptors (Lipinski definition) is 2.